The van der Waals surface area contributed by atoms with Gasteiger partial charge in [0.2, 0.25) is 0 Å². The summed E-state index contributed by atoms with van der Waals surface area (Å²) < 4.78 is 27.2. The summed E-state index contributed by atoms with van der Waals surface area (Å²) in [5, 5.41) is 4.38. The number of benzene rings is 5. The maximum atomic E-state index is 14.3. The number of methoxy groups -OCH3 is 2. The van der Waals surface area contributed by atoms with E-state index >= 15 is 0 Å². The van der Waals surface area contributed by atoms with Crippen molar-refractivity contribution in [3.05, 3.63) is 148 Å². The van der Waals surface area contributed by atoms with Crippen LogP contribution in [0.4, 0.5) is 10.1 Å². The number of halogens is 2. The summed E-state index contributed by atoms with van der Waals surface area (Å²) in [4.78, 5) is 28.8. The van der Waals surface area contributed by atoms with Gasteiger partial charge in [-0.25, -0.2) is 4.39 Å². The zero-order chi connectivity index (χ0) is 34.1. The second-order valence-corrected chi connectivity index (χ2v) is 12.4. The van der Waals surface area contributed by atoms with Crippen molar-refractivity contribution < 1.29 is 23.5 Å². The minimum atomic E-state index is -0.325. The van der Waals surface area contributed by atoms with Crippen molar-refractivity contribution in [3.8, 4) is 22.6 Å². The van der Waals surface area contributed by atoms with E-state index in [2.05, 4.69) is 11.4 Å². The van der Waals surface area contributed by atoms with Crippen LogP contribution in [0, 0.1) is 5.82 Å². The van der Waals surface area contributed by atoms with E-state index in [4.69, 9.17) is 21.1 Å². The molecule has 0 bridgehead atoms. The summed E-state index contributed by atoms with van der Waals surface area (Å²) in [5.41, 5.74) is 7.38. The highest BCUT2D eigenvalue weighted by Gasteiger charge is 2.27. The lowest BCUT2D eigenvalue weighted by Crippen LogP contribution is -2.37. The second kappa shape index (κ2) is 13.5. The van der Waals surface area contributed by atoms with Gasteiger partial charge in [0.05, 0.1) is 14.2 Å². The molecule has 1 N–H and O–H groups in total. The maximum absolute atomic E-state index is 14.3. The number of carbonyl (C=O) groups is 2. The molecule has 7 rings (SSSR count). The van der Waals surface area contributed by atoms with Crippen molar-refractivity contribution in [3.63, 3.8) is 0 Å². The Hall–Kier alpha value is -5.60. The Morgan fingerprint density at radius 2 is 1.53 bits per heavy atom. The van der Waals surface area contributed by atoms with Crippen LogP contribution >= 0.6 is 11.6 Å². The van der Waals surface area contributed by atoms with Gasteiger partial charge in [-0.3, -0.25) is 9.59 Å². The minimum Gasteiger partial charge on any atom is -0.493 e. The van der Waals surface area contributed by atoms with Crippen LogP contribution in [0.3, 0.4) is 0 Å². The monoisotopic (exact) mass is 673 g/mol. The fourth-order valence-electron chi connectivity index (χ4n) is 6.38. The molecular formula is C40H33ClFN3O4. The van der Waals surface area contributed by atoms with Crippen LogP contribution in [0.25, 0.3) is 22.0 Å². The molecule has 5 aromatic carbocycles. The number of fused-ring (bicyclic) bond motifs is 2. The number of anilines is 1. The smallest absolute Gasteiger partial charge is 0.270 e. The van der Waals surface area contributed by atoms with E-state index in [0.29, 0.717) is 59.5 Å². The Bertz CT molecular complexity index is 2200. The average molecular weight is 674 g/mol. The molecule has 0 atom stereocenters. The lowest BCUT2D eigenvalue weighted by Gasteiger charge is -2.30. The van der Waals surface area contributed by atoms with Gasteiger partial charge in [-0.05, 0) is 113 Å². The normalized spacial score (nSPS) is 12.4. The van der Waals surface area contributed by atoms with Crippen molar-refractivity contribution in [2.24, 2.45) is 0 Å². The van der Waals surface area contributed by atoms with E-state index in [1.54, 1.807) is 44.6 Å². The summed E-state index contributed by atoms with van der Waals surface area (Å²) in [6.07, 6.45) is 0.686. The molecule has 0 saturated heterocycles. The van der Waals surface area contributed by atoms with Gasteiger partial charge in [-0.15, -0.1) is 0 Å². The van der Waals surface area contributed by atoms with E-state index in [0.717, 1.165) is 38.7 Å². The first-order valence-electron chi connectivity index (χ1n) is 15.9. The van der Waals surface area contributed by atoms with Crippen LogP contribution < -0.4 is 14.8 Å². The number of hydrogen-bond acceptors (Lipinski definition) is 4. The van der Waals surface area contributed by atoms with Gasteiger partial charge >= 0.3 is 0 Å². The van der Waals surface area contributed by atoms with E-state index in [9.17, 15) is 14.0 Å². The van der Waals surface area contributed by atoms with Gasteiger partial charge < -0.3 is 24.3 Å². The summed E-state index contributed by atoms with van der Waals surface area (Å²) >= 11 is 5.95. The predicted molar refractivity (Wildman–Crippen MR) is 190 cm³/mol. The summed E-state index contributed by atoms with van der Waals surface area (Å²) in [6.45, 7) is 1.32. The molecule has 0 saturated carbocycles. The summed E-state index contributed by atoms with van der Waals surface area (Å²) in [6, 6.07) is 32.7. The van der Waals surface area contributed by atoms with Crippen LogP contribution in [-0.2, 0) is 19.5 Å². The molecule has 1 aliphatic heterocycles. The van der Waals surface area contributed by atoms with Crippen molar-refractivity contribution in [1.82, 2.24) is 9.47 Å². The molecule has 0 spiro atoms. The minimum absolute atomic E-state index is 0.102. The molecule has 7 nitrogen and oxygen atoms in total. The van der Waals surface area contributed by atoms with Gasteiger partial charge in [0.25, 0.3) is 11.8 Å². The lowest BCUT2D eigenvalue weighted by atomic mass is 9.98. The molecule has 0 fully saturated rings. The second-order valence-electron chi connectivity index (χ2n) is 12.0. The van der Waals surface area contributed by atoms with Gasteiger partial charge in [0, 0.05) is 46.8 Å². The van der Waals surface area contributed by atoms with Crippen molar-refractivity contribution >= 4 is 40.0 Å². The number of nitrogens with one attached hydrogen (secondary N) is 1. The van der Waals surface area contributed by atoms with Crippen LogP contribution in [0.15, 0.2) is 109 Å². The Morgan fingerprint density at radius 3 is 2.24 bits per heavy atom. The molecule has 246 valence electrons. The predicted octanol–water partition coefficient (Wildman–Crippen LogP) is 8.62. The number of nitrogens with zero attached hydrogens (tertiary/aromatic N) is 2. The molecule has 1 aromatic heterocycles. The third kappa shape index (κ3) is 6.60. The molecule has 1 aliphatic rings. The summed E-state index contributed by atoms with van der Waals surface area (Å²) in [7, 11) is 3.22. The number of aromatic nitrogens is 1. The zero-order valence-corrected chi connectivity index (χ0v) is 27.8. The Labute approximate surface area is 288 Å². The van der Waals surface area contributed by atoms with E-state index in [-0.39, 0.29) is 17.6 Å². The molecule has 2 amide bonds. The standard InChI is InChI=1S/C40H33ClFN3O4/c1-48-37-21-29-16-17-44(24-31(29)22-38(37)49-2)40(47)36-20-30-19-28(10-15-35(30)45(36)23-25-4-3-5-33(42)18-25)26-8-13-34(14-9-26)43-39(46)27-6-11-32(41)12-7-27/h3-15,18-22H,16-17,23-24H2,1-2H3,(H,43,46). The molecular weight excluding hydrogens is 641 g/mol. The fraction of sp³-hybridized carbons (Fsp3) is 0.150. The first-order chi connectivity index (χ1) is 23.8. The average Bonchev–Trinajstić information content (AvgIpc) is 3.48. The quantitative estimate of drug-likeness (QED) is 0.176. The van der Waals surface area contributed by atoms with Crippen LogP contribution in [0.1, 0.15) is 37.5 Å². The van der Waals surface area contributed by atoms with E-state index in [1.807, 2.05) is 70.1 Å². The largest absolute Gasteiger partial charge is 0.493 e. The number of ether oxygens (including phenoxy) is 2. The van der Waals surface area contributed by atoms with Gasteiger partial charge in [0.15, 0.2) is 11.5 Å². The van der Waals surface area contributed by atoms with Crippen molar-refractivity contribution in [2.75, 3.05) is 26.1 Å². The maximum Gasteiger partial charge on any atom is 0.270 e. The molecule has 9 heteroatoms. The van der Waals surface area contributed by atoms with Crippen LogP contribution in [0.2, 0.25) is 5.02 Å². The summed E-state index contributed by atoms with van der Waals surface area (Å²) in [5.74, 6) is 0.646. The molecule has 0 unspecified atom stereocenters. The molecule has 6 aromatic rings. The highest BCUT2D eigenvalue weighted by atomic mass is 35.5. The highest BCUT2D eigenvalue weighted by Crippen LogP contribution is 2.35. The number of rotatable bonds is 8. The topological polar surface area (TPSA) is 72.8 Å². The SMILES string of the molecule is COc1cc2c(cc1OC)CN(C(=O)c1cc3cc(-c4ccc(NC(=O)c5ccc(Cl)cc5)cc4)ccc3n1Cc1cccc(F)c1)CC2. The van der Waals surface area contributed by atoms with Gasteiger partial charge in [-0.1, -0.05) is 41.9 Å². The van der Waals surface area contributed by atoms with E-state index < -0.39 is 0 Å². The Kier molecular flexibility index (Phi) is 8.80. The fourth-order valence-corrected chi connectivity index (χ4v) is 6.51. The first-order valence-corrected chi connectivity index (χ1v) is 16.3. The van der Waals surface area contributed by atoms with Crippen LogP contribution in [0.5, 0.6) is 11.5 Å². The zero-order valence-electron chi connectivity index (χ0n) is 27.0. The van der Waals surface area contributed by atoms with Gasteiger partial charge in [0.1, 0.15) is 11.5 Å². The molecule has 0 aliphatic carbocycles. The molecule has 2 heterocycles. The van der Waals surface area contributed by atoms with Crippen LogP contribution in [-0.4, -0.2) is 42.0 Å². The third-order valence-electron chi connectivity index (χ3n) is 8.94. The third-order valence-corrected chi connectivity index (χ3v) is 9.19. The Morgan fingerprint density at radius 1 is 0.816 bits per heavy atom. The molecule has 0 radical (unpaired) electrons. The highest BCUT2D eigenvalue weighted by molar-refractivity contribution is 6.30. The number of carbonyl (C=O) groups excluding carboxylic acids is 2. The lowest BCUT2D eigenvalue weighted by molar-refractivity contribution is 0.0724. The Balaban J connectivity index is 1.19. The van der Waals surface area contributed by atoms with Gasteiger partial charge in [-0.2, -0.15) is 0 Å². The first kappa shape index (κ1) is 32.0. The van der Waals surface area contributed by atoms with Crippen molar-refractivity contribution in [1.29, 1.82) is 0 Å². The van der Waals surface area contributed by atoms with Crippen molar-refractivity contribution in [2.45, 2.75) is 19.5 Å². The number of amides is 2. The van der Waals surface area contributed by atoms with E-state index in [1.165, 1.54) is 12.1 Å². The molecule has 49 heavy (non-hydrogen) atoms. The number of hydrogen-bond donors (Lipinski definition) is 1.